The van der Waals surface area contributed by atoms with Crippen LogP contribution in [0.25, 0.3) is 0 Å². The monoisotopic (exact) mass is 307 g/mol. The molecule has 0 radical (unpaired) electrons. The van der Waals surface area contributed by atoms with Crippen molar-refractivity contribution in [1.29, 1.82) is 0 Å². The predicted molar refractivity (Wildman–Crippen MR) is 95.2 cm³/mol. The van der Waals surface area contributed by atoms with E-state index in [9.17, 15) is 4.79 Å². The van der Waals surface area contributed by atoms with Crippen LogP contribution in [0, 0.1) is 0 Å². The van der Waals surface area contributed by atoms with Gasteiger partial charge in [-0.15, -0.1) is 0 Å². The van der Waals surface area contributed by atoms with E-state index in [1.165, 1.54) is 11.1 Å². The maximum absolute atomic E-state index is 12.9. The second-order valence-corrected chi connectivity index (χ2v) is 6.29. The van der Waals surface area contributed by atoms with Crippen molar-refractivity contribution >= 4 is 5.78 Å². The van der Waals surface area contributed by atoms with Crippen LogP contribution >= 0.6 is 0 Å². The maximum atomic E-state index is 12.9. The third-order valence-electron chi connectivity index (χ3n) is 5.06. The van der Waals surface area contributed by atoms with Crippen molar-refractivity contribution in [2.75, 3.05) is 19.6 Å². The molecule has 120 valence electrons. The average Bonchev–Trinajstić information content (AvgIpc) is 2.72. The largest absolute Gasteiger partial charge is 0.304 e. The molecule has 0 N–H and O–H groups in total. The van der Waals surface area contributed by atoms with Crippen molar-refractivity contribution in [2.24, 2.45) is 0 Å². The number of rotatable bonds is 5. The molecule has 0 saturated heterocycles. The summed E-state index contributed by atoms with van der Waals surface area (Å²) < 4.78 is 0. The third-order valence-corrected chi connectivity index (χ3v) is 5.06. The standard InChI is InChI=1S/C21H25NO/c1-3-22(4-2)14-13-17-15-16-9-5-6-11-19(16)21(23)20-12-8-7-10-18(17)20/h5-12,17H,3-4,13-15H2,1-2H3. The van der Waals surface area contributed by atoms with Crippen molar-refractivity contribution in [3.8, 4) is 0 Å². The first-order valence-electron chi connectivity index (χ1n) is 8.68. The van der Waals surface area contributed by atoms with E-state index in [4.69, 9.17) is 0 Å². The molecule has 0 aromatic heterocycles. The molecule has 0 spiro atoms. The van der Waals surface area contributed by atoms with Gasteiger partial charge < -0.3 is 4.90 Å². The van der Waals surface area contributed by atoms with Crippen molar-refractivity contribution in [1.82, 2.24) is 4.90 Å². The van der Waals surface area contributed by atoms with Gasteiger partial charge in [0.2, 0.25) is 0 Å². The molecule has 1 atom stereocenters. The van der Waals surface area contributed by atoms with E-state index in [0.29, 0.717) is 5.92 Å². The molecule has 1 unspecified atom stereocenters. The van der Waals surface area contributed by atoms with Gasteiger partial charge in [-0.3, -0.25) is 4.79 Å². The molecule has 0 bridgehead atoms. The van der Waals surface area contributed by atoms with E-state index in [-0.39, 0.29) is 5.78 Å². The number of hydrogen-bond donors (Lipinski definition) is 0. The Morgan fingerprint density at radius 3 is 2.35 bits per heavy atom. The van der Waals surface area contributed by atoms with E-state index in [0.717, 1.165) is 43.6 Å². The highest BCUT2D eigenvalue weighted by atomic mass is 16.1. The van der Waals surface area contributed by atoms with E-state index >= 15 is 0 Å². The second-order valence-electron chi connectivity index (χ2n) is 6.29. The summed E-state index contributed by atoms with van der Waals surface area (Å²) in [5.41, 5.74) is 4.19. The van der Waals surface area contributed by atoms with Crippen LogP contribution in [0.15, 0.2) is 48.5 Å². The highest BCUT2D eigenvalue weighted by Crippen LogP contribution is 2.34. The molecular formula is C21H25NO. The number of carbonyl (C=O) groups is 1. The summed E-state index contributed by atoms with van der Waals surface area (Å²) in [5, 5.41) is 0. The van der Waals surface area contributed by atoms with Crippen LogP contribution in [0.4, 0.5) is 0 Å². The first-order valence-corrected chi connectivity index (χ1v) is 8.68. The highest BCUT2D eigenvalue weighted by Gasteiger charge is 2.26. The number of hydrogen-bond acceptors (Lipinski definition) is 2. The predicted octanol–water partition coefficient (Wildman–Crippen LogP) is 4.29. The molecule has 0 heterocycles. The fourth-order valence-corrected chi connectivity index (χ4v) is 3.64. The van der Waals surface area contributed by atoms with Gasteiger partial charge in [-0.25, -0.2) is 0 Å². The van der Waals surface area contributed by atoms with Crippen molar-refractivity contribution in [3.05, 3.63) is 70.8 Å². The van der Waals surface area contributed by atoms with Gasteiger partial charge in [-0.2, -0.15) is 0 Å². The fourth-order valence-electron chi connectivity index (χ4n) is 3.64. The van der Waals surface area contributed by atoms with Gasteiger partial charge in [-0.05, 0) is 49.5 Å². The Labute approximate surface area is 139 Å². The Balaban J connectivity index is 1.96. The van der Waals surface area contributed by atoms with E-state index in [1.807, 2.05) is 30.3 Å². The summed E-state index contributed by atoms with van der Waals surface area (Å²) in [6.45, 7) is 7.68. The first kappa shape index (κ1) is 15.9. The zero-order valence-corrected chi connectivity index (χ0v) is 14.1. The van der Waals surface area contributed by atoms with Crippen molar-refractivity contribution in [2.45, 2.75) is 32.6 Å². The van der Waals surface area contributed by atoms with E-state index in [1.54, 1.807) is 0 Å². The summed E-state index contributed by atoms with van der Waals surface area (Å²) in [4.78, 5) is 15.4. The summed E-state index contributed by atoms with van der Waals surface area (Å²) >= 11 is 0. The number of nitrogens with zero attached hydrogens (tertiary/aromatic N) is 1. The van der Waals surface area contributed by atoms with E-state index in [2.05, 4.69) is 36.9 Å². The lowest BCUT2D eigenvalue weighted by molar-refractivity contribution is 0.103. The van der Waals surface area contributed by atoms with Gasteiger partial charge >= 0.3 is 0 Å². The molecule has 1 aliphatic rings. The Hall–Kier alpha value is -1.93. The van der Waals surface area contributed by atoms with Crippen LogP contribution in [0.2, 0.25) is 0 Å². The lowest BCUT2D eigenvalue weighted by Gasteiger charge is -2.23. The number of carbonyl (C=O) groups excluding carboxylic acids is 1. The molecule has 3 rings (SSSR count). The Morgan fingerprint density at radius 2 is 1.61 bits per heavy atom. The lowest BCUT2D eigenvalue weighted by atomic mass is 9.88. The third kappa shape index (κ3) is 3.23. The Bertz CT molecular complexity index is 688. The van der Waals surface area contributed by atoms with Gasteiger partial charge in [0, 0.05) is 11.1 Å². The fraction of sp³-hybridized carbons (Fsp3) is 0.381. The molecule has 2 aromatic rings. The first-order chi connectivity index (χ1) is 11.2. The van der Waals surface area contributed by atoms with Gasteiger partial charge in [-0.1, -0.05) is 62.4 Å². The van der Waals surface area contributed by atoms with Crippen molar-refractivity contribution < 1.29 is 4.79 Å². The smallest absolute Gasteiger partial charge is 0.193 e. The molecule has 1 aliphatic carbocycles. The minimum absolute atomic E-state index is 0.182. The molecule has 0 aliphatic heterocycles. The van der Waals surface area contributed by atoms with E-state index < -0.39 is 0 Å². The topological polar surface area (TPSA) is 20.3 Å². The normalized spacial score (nSPS) is 16.8. The van der Waals surface area contributed by atoms with Gasteiger partial charge in [0.25, 0.3) is 0 Å². The van der Waals surface area contributed by atoms with Gasteiger partial charge in [0.1, 0.15) is 0 Å². The van der Waals surface area contributed by atoms with Crippen LogP contribution in [-0.4, -0.2) is 30.3 Å². The summed E-state index contributed by atoms with van der Waals surface area (Å²) in [6, 6.07) is 16.3. The zero-order chi connectivity index (χ0) is 16.2. The van der Waals surface area contributed by atoms with Crippen LogP contribution in [0.3, 0.4) is 0 Å². The number of benzene rings is 2. The molecule has 2 aromatic carbocycles. The minimum atomic E-state index is 0.182. The molecule has 23 heavy (non-hydrogen) atoms. The van der Waals surface area contributed by atoms with Crippen LogP contribution in [0.5, 0.6) is 0 Å². The minimum Gasteiger partial charge on any atom is -0.304 e. The summed E-state index contributed by atoms with van der Waals surface area (Å²) in [6.07, 6.45) is 2.06. The van der Waals surface area contributed by atoms with Gasteiger partial charge in [0.15, 0.2) is 5.78 Å². The number of ketones is 1. The van der Waals surface area contributed by atoms with Crippen LogP contribution in [0.1, 0.15) is 53.2 Å². The van der Waals surface area contributed by atoms with Gasteiger partial charge in [0.05, 0.1) is 0 Å². The summed E-state index contributed by atoms with van der Waals surface area (Å²) in [5.74, 6) is 0.598. The molecular weight excluding hydrogens is 282 g/mol. The second kappa shape index (κ2) is 7.10. The van der Waals surface area contributed by atoms with Crippen molar-refractivity contribution in [3.63, 3.8) is 0 Å². The molecule has 0 fully saturated rings. The number of fused-ring (bicyclic) bond motifs is 2. The lowest BCUT2D eigenvalue weighted by Crippen LogP contribution is -2.25. The molecule has 2 heteroatoms. The average molecular weight is 307 g/mol. The Morgan fingerprint density at radius 1 is 0.957 bits per heavy atom. The molecule has 0 saturated carbocycles. The Kier molecular flexibility index (Phi) is 4.92. The molecule has 2 nitrogen and oxygen atoms in total. The van der Waals surface area contributed by atoms with Crippen LogP contribution < -0.4 is 0 Å². The summed E-state index contributed by atoms with van der Waals surface area (Å²) in [7, 11) is 0. The highest BCUT2D eigenvalue weighted by molar-refractivity contribution is 6.11. The van der Waals surface area contributed by atoms with Crippen LogP contribution in [-0.2, 0) is 6.42 Å². The SMILES string of the molecule is CCN(CC)CCC1Cc2ccccc2C(=O)c2ccccc21. The quantitative estimate of drug-likeness (QED) is 0.821. The maximum Gasteiger partial charge on any atom is 0.193 e. The zero-order valence-electron chi connectivity index (χ0n) is 14.1. The molecule has 0 amide bonds.